The van der Waals surface area contributed by atoms with Gasteiger partial charge in [-0.1, -0.05) is 35.9 Å². The molecule has 78 valence electrons. The third-order valence-corrected chi connectivity index (χ3v) is 2.91. The van der Waals surface area contributed by atoms with E-state index in [9.17, 15) is 0 Å². The van der Waals surface area contributed by atoms with Gasteiger partial charge in [-0.25, -0.2) is 0 Å². The van der Waals surface area contributed by atoms with E-state index in [1.165, 1.54) is 22.3 Å². The van der Waals surface area contributed by atoms with Crippen molar-refractivity contribution in [1.82, 2.24) is 4.40 Å². The highest BCUT2D eigenvalue weighted by molar-refractivity contribution is 5.67. The molecule has 0 saturated heterocycles. The third-order valence-electron chi connectivity index (χ3n) is 2.91. The molecule has 0 fully saturated rings. The lowest BCUT2D eigenvalue weighted by molar-refractivity contribution is 1.20. The van der Waals surface area contributed by atoms with Crippen molar-refractivity contribution >= 4 is 5.52 Å². The number of hydrogen-bond acceptors (Lipinski definition) is 0. The monoisotopic (exact) mass is 207 g/mol. The van der Waals surface area contributed by atoms with Crippen LogP contribution in [0.2, 0.25) is 0 Å². The molecule has 0 radical (unpaired) electrons. The topological polar surface area (TPSA) is 4.41 Å². The normalized spacial score (nSPS) is 10.8. The van der Waals surface area contributed by atoms with Crippen molar-refractivity contribution < 1.29 is 0 Å². The highest BCUT2D eigenvalue weighted by Crippen LogP contribution is 2.22. The fourth-order valence-electron chi connectivity index (χ4n) is 2.02. The highest BCUT2D eigenvalue weighted by Gasteiger charge is 2.02. The van der Waals surface area contributed by atoms with Crippen LogP contribution in [0, 0.1) is 6.92 Å². The van der Waals surface area contributed by atoms with E-state index >= 15 is 0 Å². The average molecular weight is 207 g/mol. The standard InChI is InChI=1S/C15H13N/c1-12-5-7-13(8-6-12)15-10-9-14-4-2-3-11-16(14)15/h2-11H,1H3. The smallest absolute Gasteiger partial charge is 0.0528 e. The van der Waals surface area contributed by atoms with E-state index in [1.807, 2.05) is 0 Å². The van der Waals surface area contributed by atoms with Crippen LogP contribution in [0.25, 0.3) is 16.8 Å². The fraction of sp³-hybridized carbons (Fsp3) is 0.0667. The first-order chi connectivity index (χ1) is 7.84. The SMILES string of the molecule is Cc1ccc(-c2ccc3ccccn23)cc1. The van der Waals surface area contributed by atoms with Gasteiger partial charge >= 0.3 is 0 Å². The summed E-state index contributed by atoms with van der Waals surface area (Å²) in [6.07, 6.45) is 2.10. The summed E-state index contributed by atoms with van der Waals surface area (Å²) in [5, 5.41) is 0. The fourth-order valence-corrected chi connectivity index (χ4v) is 2.02. The molecule has 2 heterocycles. The molecule has 1 heteroatoms. The van der Waals surface area contributed by atoms with Gasteiger partial charge in [0.25, 0.3) is 0 Å². The predicted molar refractivity (Wildman–Crippen MR) is 67.6 cm³/mol. The zero-order valence-corrected chi connectivity index (χ0v) is 9.22. The Morgan fingerprint density at radius 2 is 1.62 bits per heavy atom. The molecule has 1 nitrogen and oxygen atoms in total. The summed E-state index contributed by atoms with van der Waals surface area (Å²) in [6.45, 7) is 2.11. The second kappa shape index (κ2) is 3.53. The second-order valence-corrected chi connectivity index (χ2v) is 4.08. The first-order valence-electron chi connectivity index (χ1n) is 5.48. The molecule has 0 atom stereocenters. The van der Waals surface area contributed by atoms with Crippen LogP contribution in [0.1, 0.15) is 5.56 Å². The third kappa shape index (κ3) is 1.41. The Morgan fingerprint density at radius 1 is 0.812 bits per heavy atom. The minimum Gasteiger partial charge on any atom is -0.317 e. The van der Waals surface area contributed by atoms with Crippen molar-refractivity contribution in [3.63, 3.8) is 0 Å². The zero-order chi connectivity index (χ0) is 11.0. The average Bonchev–Trinajstić information content (AvgIpc) is 2.74. The molecule has 0 aliphatic heterocycles. The van der Waals surface area contributed by atoms with Gasteiger partial charge in [-0.2, -0.15) is 0 Å². The van der Waals surface area contributed by atoms with E-state index in [2.05, 4.69) is 72.1 Å². The van der Waals surface area contributed by atoms with Crippen molar-refractivity contribution in [2.24, 2.45) is 0 Å². The molecule has 0 aliphatic rings. The summed E-state index contributed by atoms with van der Waals surface area (Å²) >= 11 is 0. The Morgan fingerprint density at radius 3 is 2.44 bits per heavy atom. The van der Waals surface area contributed by atoms with Crippen LogP contribution in [0.4, 0.5) is 0 Å². The molecule has 0 N–H and O–H groups in total. The van der Waals surface area contributed by atoms with Gasteiger partial charge in [0.15, 0.2) is 0 Å². The number of pyridine rings is 1. The Kier molecular flexibility index (Phi) is 2.03. The van der Waals surface area contributed by atoms with Crippen molar-refractivity contribution in [1.29, 1.82) is 0 Å². The van der Waals surface area contributed by atoms with E-state index in [0.717, 1.165) is 0 Å². The van der Waals surface area contributed by atoms with Gasteiger partial charge < -0.3 is 4.40 Å². The number of benzene rings is 1. The zero-order valence-electron chi connectivity index (χ0n) is 9.22. The van der Waals surface area contributed by atoms with Gasteiger partial charge in [0.05, 0.1) is 5.69 Å². The lowest BCUT2D eigenvalue weighted by atomic mass is 10.1. The molecule has 16 heavy (non-hydrogen) atoms. The molecule has 0 amide bonds. The largest absolute Gasteiger partial charge is 0.317 e. The summed E-state index contributed by atoms with van der Waals surface area (Å²) in [7, 11) is 0. The van der Waals surface area contributed by atoms with Crippen molar-refractivity contribution in [3.05, 3.63) is 66.4 Å². The number of aryl methyl sites for hydroxylation is 1. The summed E-state index contributed by atoms with van der Waals surface area (Å²) < 4.78 is 2.21. The predicted octanol–water partition coefficient (Wildman–Crippen LogP) is 3.91. The van der Waals surface area contributed by atoms with Crippen LogP contribution in [-0.4, -0.2) is 4.40 Å². The van der Waals surface area contributed by atoms with Gasteiger partial charge in [0.2, 0.25) is 0 Å². The minimum absolute atomic E-state index is 1.23. The Labute approximate surface area is 95.0 Å². The molecule has 1 aromatic carbocycles. The van der Waals surface area contributed by atoms with E-state index < -0.39 is 0 Å². The molecule has 3 aromatic rings. The summed E-state index contributed by atoms with van der Waals surface area (Å²) in [5.41, 5.74) is 5.04. The van der Waals surface area contributed by atoms with E-state index in [0.29, 0.717) is 0 Å². The highest BCUT2D eigenvalue weighted by atomic mass is 14.9. The lowest BCUT2D eigenvalue weighted by Crippen LogP contribution is -1.86. The van der Waals surface area contributed by atoms with Crippen molar-refractivity contribution in [2.75, 3.05) is 0 Å². The van der Waals surface area contributed by atoms with E-state index in [1.54, 1.807) is 0 Å². The first kappa shape index (κ1) is 9.22. The molecule has 0 aliphatic carbocycles. The molecule has 0 bridgehead atoms. The molecular formula is C15H13N. The Balaban J connectivity index is 2.22. The van der Waals surface area contributed by atoms with Gasteiger partial charge in [-0.3, -0.25) is 0 Å². The number of hydrogen-bond donors (Lipinski definition) is 0. The maximum absolute atomic E-state index is 2.21. The van der Waals surface area contributed by atoms with Crippen LogP contribution >= 0.6 is 0 Å². The molecular weight excluding hydrogens is 194 g/mol. The van der Waals surface area contributed by atoms with Gasteiger partial charge in [0.1, 0.15) is 0 Å². The van der Waals surface area contributed by atoms with Crippen molar-refractivity contribution in [3.8, 4) is 11.3 Å². The number of rotatable bonds is 1. The van der Waals surface area contributed by atoms with Gasteiger partial charge in [-0.05, 0) is 36.8 Å². The molecule has 2 aromatic heterocycles. The summed E-state index contributed by atoms with van der Waals surface area (Å²) in [5.74, 6) is 0. The molecule has 0 spiro atoms. The number of aromatic nitrogens is 1. The first-order valence-corrected chi connectivity index (χ1v) is 5.48. The summed E-state index contributed by atoms with van der Waals surface area (Å²) in [6, 6.07) is 19.2. The maximum Gasteiger partial charge on any atom is 0.0528 e. The van der Waals surface area contributed by atoms with Crippen LogP contribution in [0.15, 0.2) is 60.8 Å². The second-order valence-electron chi connectivity index (χ2n) is 4.08. The van der Waals surface area contributed by atoms with Crippen LogP contribution in [0.3, 0.4) is 0 Å². The maximum atomic E-state index is 2.21. The number of nitrogens with zero attached hydrogens (tertiary/aromatic N) is 1. The quantitative estimate of drug-likeness (QED) is 0.569. The minimum atomic E-state index is 1.23. The molecule has 0 saturated carbocycles. The Bertz CT molecular complexity index is 617. The van der Waals surface area contributed by atoms with Crippen molar-refractivity contribution in [2.45, 2.75) is 6.92 Å². The van der Waals surface area contributed by atoms with Gasteiger partial charge in [-0.15, -0.1) is 0 Å². The number of fused-ring (bicyclic) bond motifs is 1. The van der Waals surface area contributed by atoms with Crippen LogP contribution < -0.4 is 0 Å². The van der Waals surface area contributed by atoms with Crippen LogP contribution in [-0.2, 0) is 0 Å². The van der Waals surface area contributed by atoms with Gasteiger partial charge in [0, 0.05) is 11.7 Å². The lowest BCUT2D eigenvalue weighted by Gasteiger charge is -2.03. The van der Waals surface area contributed by atoms with E-state index in [4.69, 9.17) is 0 Å². The summed E-state index contributed by atoms with van der Waals surface area (Å²) in [4.78, 5) is 0. The molecule has 3 rings (SSSR count). The Hall–Kier alpha value is -2.02. The van der Waals surface area contributed by atoms with Crippen LogP contribution in [0.5, 0.6) is 0 Å². The van der Waals surface area contributed by atoms with E-state index in [-0.39, 0.29) is 0 Å². The molecule has 0 unspecified atom stereocenters.